The van der Waals surface area contributed by atoms with E-state index in [0.29, 0.717) is 17.3 Å². The van der Waals surface area contributed by atoms with Crippen LogP contribution in [0.2, 0.25) is 0 Å². The van der Waals surface area contributed by atoms with Gasteiger partial charge in [-0.05, 0) is 49.4 Å². The van der Waals surface area contributed by atoms with Crippen molar-refractivity contribution >= 4 is 11.5 Å². The van der Waals surface area contributed by atoms with Crippen LogP contribution in [0.25, 0.3) is 0 Å². The van der Waals surface area contributed by atoms with Crippen LogP contribution < -0.4 is 5.32 Å². The number of aromatic nitrogens is 1. The monoisotopic (exact) mass is 301 g/mol. The molecule has 1 unspecified atom stereocenters. The van der Waals surface area contributed by atoms with E-state index in [1.54, 1.807) is 25.1 Å². The second-order valence-electron chi connectivity index (χ2n) is 5.62. The molecule has 0 radical (unpaired) electrons. The quantitative estimate of drug-likeness (QED) is 0.669. The summed E-state index contributed by atoms with van der Waals surface area (Å²) in [5.41, 5.74) is 1.58. The van der Waals surface area contributed by atoms with Crippen molar-refractivity contribution in [1.82, 2.24) is 4.98 Å². The molecule has 114 valence electrons. The zero-order valence-electron chi connectivity index (χ0n) is 12.1. The molecular weight excluding hydrogens is 285 g/mol. The summed E-state index contributed by atoms with van der Waals surface area (Å²) in [6.07, 6.45) is 3.49. The first kappa shape index (κ1) is 14.4. The second-order valence-corrected chi connectivity index (χ2v) is 5.62. The fourth-order valence-electron chi connectivity index (χ4n) is 2.55. The van der Waals surface area contributed by atoms with Gasteiger partial charge in [0.1, 0.15) is 17.8 Å². The van der Waals surface area contributed by atoms with Crippen molar-refractivity contribution in [2.75, 3.05) is 5.32 Å². The molecule has 0 aliphatic heterocycles. The van der Waals surface area contributed by atoms with Gasteiger partial charge in [-0.2, -0.15) is 0 Å². The Bertz CT molecular complexity index is 699. The number of rotatable bonds is 5. The van der Waals surface area contributed by atoms with Crippen molar-refractivity contribution < 1.29 is 9.31 Å². The number of pyridine rings is 1. The molecule has 2 aromatic rings. The lowest BCUT2D eigenvalue weighted by atomic mass is 10.0. The number of nitrogens with one attached hydrogen (secondary N) is 1. The lowest BCUT2D eigenvalue weighted by Gasteiger charge is -2.19. The summed E-state index contributed by atoms with van der Waals surface area (Å²) in [5, 5.41) is 14.2. The number of nitrogens with zero attached hydrogens (tertiary/aromatic N) is 2. The molecule has 5 nitrogen and oxygen atoms in total. The first-order chi connectivity index (χ1) is 10.5. The maximum absolute atomic E-state index is 13.1. The molecule has 1 N–H and O–H groups in total. The molecule has 1 aromatic heterocycles. The highest BCUT2D eigenvalue weighted by atomic mass is 19.1. The van der Waals surface area contributed by atoms with Gasteiger partial charge in [-0.25, -0.2) is 9.37 Å². The Kier molecular flexibility index (Phi) is 3.75. The van der Waals surface area contributed by atoms with Crippen molar-refractivity contribution in [3.63, 3.8) is 0 Å². The van der Waals surface area contributed by atoms with Gasteiger partial charge in [-0.3, -0.25) is 10.1 Å². The predicted octanol–water partition coefficient (Wildman–Crippen LogP) is 4.00. The summed E-state index contributed by atoms with van der Waals surface area (Å²) < 4.78 is 13.1. The largest absolute Gasteiger partial charge is 0.363 e. The molecule has 0 saturated heterocycles. The average Bonchev–Trinajstić information content (AvgIpc) is 3.30. The van der Waals surface area contributed by atoms with E-state index in [1.165, 1.54) is 18.3 Å². The van der Waals surface area contributed by atoms with Crippen molar-refractivity contribution in [1.29, 1.82) is 0 Å². The number of nitro groups is 1. The Morgan fingerprint density at radius 2 is 2.05 bits per heavy atom. The van der Waals surface area contributed by atoms with Gasteiger partial charge in [0.25, 0.3) is 5.69 Å². The van der Waals surface area contributed by atoms with Crippen LogP contribution in [0.15, 0.2) is 36.5 Å². The first-order valence-electron chi connectivity index (χ1n) is 7.17. The third-order valence-corrected chi connectivity index (χ3v) is 3.91. The summed E-state index contributed by atoms with van der Waals surface area (Å²) >= 11 is 0. The number of hydrogen-bond donors (Lipinski definition) is 1. The van der Waals surface area contributed by atoms with Gasteiger partial charge in [-0.1, -0.05) is 12.1 Å². The predicted molar refractivity (Wildman–Crippen MR) is 81.1 cm³/mol. The zero-order valence-corrected chi connectivity index (χ0v) is 12.1. The molecular formula is C16H16FN3O2. The number of aryl methyl sites for hydroxylation is 1. The highest BCUT2D eigenvalue weighted by Crippen LogP contribution is 2.42. The van der Waals surface area contributed by atoms with Crippen LogP contribution in [-0.4, -0.2) is 9.91 Å². The summed E-state index contributed by atoms with van der Waals surface area (Å²) in [7, 11) is 0. The Balaban J connectivity index is 1.84. The Labute approximate surface area is 127 Å². The van der Waals surface area contributed by atoms with Crippen LogP contribution in [0, 0.1) is 28.8 Å². The maximum atomic E-state index is 13.1. The smallest absolute Gasteiger partial charge is 0.290 e. The molecule has 1 fully saturated rings. The van der Waals surface area contributed by atoms with Crippen molar-refractivity contribution in [3.8, 4) is 0 Å². The Hall–Kier alpha value is -2.50. The van der Waals surface area contributed by atoms with Crippen LogP contribution >= 0.6 is 0 Å². The maximum Gasteiger partial charge on any atom is 0.290 e. The van der Waals surface area contributed by atoms with E-state index < -0.39 is 4.92 Å². The van der Waals surface area contributed by atoms with Crippen molar-refractivity contribution in [2.24, 2.45) is 5.92 Å². The molecule has 1 aliphatic carbocycles. The van der Waals surface area contributed by atoms with Crippen LogP contribution in [-0.2, 0) is 0 Å². The Morgan fingerprint density at radius 1 is 1.36 bits per heavy atom. The number of hydrogen-bond acceptors (Lipinski definition) is 4. The lowest BCUT2D eigenvalue weighted by molar-refractivity contribution is -0.385. The van der Waals surface area contributed by atoms with Gasteiger partial charge in [0.05, 0.1) is 11.0 Å². The Morgan fingerprint density at radius 3 is 2.59 bits per heavy atom. The van der Waals surface area contributed by atoms with E-state index >= 15 is 0 Å². The molecule has 1 saturated carbocycles. The van der Waals surface area contributed by atoms with Gasteiger partial charge >= 0.3 is 0 Å². The van der Waals surface area contributed by atoms with E-state index in [0.717, 1.165) is 18.4 Å². The molecule has 6 heteroatoms. The van der Waals surface area contributed by atoms with Crippen LogP contribution in [0.3, 0.4) is 0 Å². The highest BCUT2D eigenvalue weighted by molar-refractivity contribution is 5.48. The molecule has 22 heavy (non-hydrogen) atoms. The van der Waals surface area contributed by atoms with Crippen molar-refractivity contribution in [3.05, 3.63) is 63.6 Å². The van der Waals surface area contributed by atoms with Gasteiger partial charge in [0.2, 0.25) is 0 Å². The molecule has 3 rings (SSSR count). The lowest BCUT2D eigenvalue weighted by Crippen LogP contribution is -2.14. The number of anilines is 1. The van der Waals surface area contributed by atoms with Crippen molar-refractivity contribution in [2.45, 2.75) is 25.8 Å². The number of halogens is 1. The average molecular weight is 301 g/mol. The summed E-state index contributed by atoms with van der Waals surface area (Å²) in [4.78, 5) is 14.5. The van der Waals surface area contributed by atoms with E-state index in [9.17, 15) is 14.5 Å². The highest BCUT2D eigenvalue weighted by Gasteiger charge is 2.32. The molecule has 0 bridgehead atoms. The topological polar surface area (TPSA) is 68.1 Å². The van der Waals surface area contributed by atoms with Gasteiger partial charge in [0.15, 0.2) is 0 Å². The SMILES string of the molecule is Cc1cc(NC(c2ccc(F)cc2)C2CC2)ncc1[N+](=O)[O-]. The summed E-state index contributed by atoms with van der Waals surface area (Å²) in [5.74, 6) is 0.828. The third-order valence-electron chi connectivity index (χ3n) is 3.91. The second kappa shape index (κ2) is 5.71. The molecule has 0 spiro atoms. The molecule has 0 amide bonds. The van der Waals surface area contributed by atoms with Gasteiger partial charge < -0.3 is 5.32 Å². The molecule has 1 aromatic carbocycles. The standard InChI is InChI=1S/C16H16FN3O2/c1-10-8-15(18-9-14(10)20(21)22)19-16(11-2-3-11)12-4-6-13(17)7-5-12/h4-9,11,16H,2-3H2,1H3,(H,18,19). The van der Waals surface area contributed by atoms with Crippen LogP contribution in [0.4, 0.5) is 15.9 Å². The minimum absolute atomic E-state index is 0.00954. The zero-order chi connectivity index (χ0) is 15.7. The number of benzene rings is 1. The summed E-state index contributed by atoms with van der Waals surface area (Å²) in [6.45, 7) is 1.69. The fraction of sp³-hybridized carbons (Fsp3) is 0.312. The normalized spacial score (nSPS) is 15.4. The first-order valence-corrected chi connectivity index (χ1v) is 7.17. The third kappa shape index (κ3) is 3.05. The van der Waals surface area contributed by atoms with E-state index in [2.05, 4.69) is 10.3 Å². The van der Waals surface area contributed by atoms with Crippen LogP contribution in [0.1, 0.15) is 30.0 Å². The molecule has 1 atom stereocenters. The molecule has 1 heterocycles. The van der Waals surface area contributed by atoms with Gasteiger partial charge in [-0.15, -0.1) is 0 Å². The van der Waals surface area contributed by atoms with Gasteiger partial charge in [0, 0.05) is 5.56 Å². The fourth-order valence-corrected chi connectivity index (χ4v) is 2.55. The van der Waals surface area contributed by atoms with E-state index in [1.807, 2.05) is 0 Å². The minimum Gasteiger partial charge on any atom is -0.363 e. The summed E-state index contributed by atoms with van der Waals surface area (Å²) in [6, 6.07) is 8.15. The molecule has 1 aliphatic rings. The van der Waals surface area contributed by atoms with E-state index in [4.69, 9.17) is 0 Å². The minimum atomic E-state index is -0.440. The van der Waals surface area contributed by atoms with E-state index in [-0.39, 0.29) is 17.5 Å². The van der Waals surface area contributed by atoms with Crippen LogP contribution in [0.5, 0.6) is 0 Å².